The van der Waals surface area contributed by atoms with Gasteiger partial charge in [0.25, 0.3) is 0 Å². The summed E-state index contributed by atoms with van der Waals surface area (Å²) in [6, 6.07) is 4.41. The van der Waals surface area contributed by atoms with Gasteiger partial charge in [0.05, 0.1) is 0 Å². The van der Waals surface area contributed by atoms with E-state index in [0.29, 0.717) is 0 Å². The maximum Gasteiger partial charge on any atom is 0.133 e. The molecule has 2 aliphatic rings. The highest BCUT2D eigenvalue weighted by molar-refractivity contribution is 5.40. The van der Waals surface area contributed by atoms with E-state index in [1.54, 1.807) is 0 Å². The molecule has 0 radical (unpaired) electrons. The van der Waals surface area contributed by atoms with Gasteiger partial charge in [-0.2, -0.15) is 0 Å². The van der Waals surface area contributed by atoms with Crippen LogP contribution in [0.15, 0.2) is 24.5 Å². The quantitative estimate of drug-likeness (QED) is 0.849. The van der Waals surface area contributed by atoms with Crippen LogP contribution in [0.3, 0.4) is 0 Å². The lowest BCUT2D eigenvalue weighted by Crippen LogP contribution is -2.32. The summed E-state index contributed by atoms with van der Waals surface area (Å²) in [5, 5.41) is 0. The van der Waals surface area contributed by atoms with E-state index in [2.05, 4.69) is 52.7 Å². The number of anilines is 1. The zero-order valence-electron chi connectivity index (χ0n) is 16.2. The van der Waals surface area contributed by atoms with Gasteiger partial charge in [-0.3, -0.25) is 4.90 Å². The van der Waals surface area contributed by atoms with Gasteiger partial charge < -0.3 is 4.90 Å². The Labute approximate surface area is 156 Å². The molecular formula is C21H29N5. The molecule has 0 bridgehead atoms. The number of rotatable bonds is 3. The smallest absolute Gasteiger partial charge is 0.133 e. The summed E-state index contributed by atoms with van der Waals surface area (Å²) in [5.41, 5.74) is 3.78. The summed E-state index contributed by atoms with van der Waals surface area (Å²) in [6.07, 6.45) is 7.65. The summed E-state index contributed by atoms with van der Waals surface area (Å²) in [5.74, 6) is 2.07. The molecule has 26 heavy (non-hydrogen) atoms. The number of hydrogen-bond acceptors (Lipinski definition) is 5. The average Bonchev–Trinajstić information content (AvgIpc) is 3.16. The van der Waals surface area contributed by atoms with Crippen LogP contribution in [0.5, 0.6) is 0 Å². The van der Waals surface area contributed by atoms with E-state index in [9.17, 15) is 0 Å². The van der Waals surface area contributed by atoms with Crippen molar-refractivity contribution in [2.24, 2.45) is 0 Å². The van der Waals surface area contributed by atoms with Gasteiger partial charge in [0.15, 0.2) is 0 Å². The first-order valence-electron chi connectivity index (χ1n) is 9.76. The van der Waals surface area contributed by atoms with Crippen LogP contribution in [-0.4, -0.2) is 39.5 Å². The Kier molecular flexibility index (Phi) is 4.65. The van der Waals surface area contributed by atoms with Crippen LogP contribution in [0.4, 0.5) is 5.82 Å². The molecule has 2 aliphatic heterocycles. The maximum atomic E-state index is 4.83. The molecule has 2 aromatic heterocycles. The zero-order chi connectivity index (χ0) is 18.1. The molecule has 5 heteroatoms. The second-order valence-electron chi connectivity index (χ2n) is 8.59. The predicted octanol–water partition coefficient (Wildman–Crippen LogP) is 3.33. The van der Waals surface area contributed by atoms with Crippen LogP contribution in [0.1, 0.15) is 56.3 Å². The Balaban J connectivity index is 1.41. The van der Waals surface area contributed by atoms with E-state index in [0.717, 1.165) is 50.8 Å². The molecule has 1 fully saturated rings. The molecule has 1 saturated heterocycles. The van der Waals surface area contributed by atoms with Crippen molar-refractivity contribution < 1.29 is 0 Å². The lowest BCUT2D eigenvalue weighted by molar-refractivity contribution is 0.242. The largest absolute Gasteiger partial charge is 0.357 e. The van der Waals surface area contributed by atoms with E-state index < -0.39 is 0 Å². The fraction of sp³-hybridized carbons (Fsp3) is 0.571. The molecule has 0 N–H and O–H groups in total. The fourth-order valence-corrected chi connectivity index (χ4v) is 3.77. The minimum atomic E-state index is 0.00885. The van der Waals surface area contributed by atoms with Crippen LogP contribution in [0, 0.1) is 0 Å². The third kappa shape index (κ3) is 3.73. The number of pyridine rings is 1. The minimum absolute atomic E-state index is 0.00885. The minimum Gasteiger partial charge on any atom is -0.357 e. The van der Waals surface area contributed by atoms with Gasteiger partial charge >= 0.3 is 0 Å². The predicted molar refractivity (Wildman–Crippen MR) is 104 cm³/mol. The molecule has 0 spiro atoms. The number of nitrogens with zero attached hydrogens (tertiary/aromatic N) is 5. The summed E-state index contributed by atoms with van der Waals surface area (Å²) < 4.78 is 0. The molecule has 2 aromatic rings. The van der Waals surface area contributed by atoms with Crippen LogP contribution >= 0.6 is 0 Å². The molecule has 0 aliphatic carbocycles. The number of fused-ring (bicyclic) bond motifs is 1. The van der Waals surface area contributed by atoms with Gasteiger partial charge in [0.2, 0.25) is 0 Å². The standard InChI is InChI=1S/C21H29N5/c1-21(2,3)20-23-13-17-15-25(11-8-18(17)24-20)14-16-6-7-19(22-12-16)26-9-4-5-10-26/h6-7,12-13H,4-5,8-11,14-15H2,1-3H3. The zero-order valence-corrected chi connectivity index (χ0v) is 16.2. The maximum absolute atomic E-state index is 4.83. The van der Waals surface area contributed by atoms with Crippen LogP contribution < -0.4 is 4.90 Å². The molecule has 5 nitrogen and oxygen atoms in total. The average molecular weight is 351 g/mol. The summed E-state index contributed by atoms with van der Waals surface area (Å²) in [7, 11) is 0. The van der Waals surface area contributed by atoms with Gasteiger partial charge in [0.1, 0.15) is 11.6 Å². The van der Waals surface area contributed by atoms with Gasteiger partial charge in [-0.15, -0.1) is 0 Å². The van der Waals surface area contributed by atoms with Crippen molar-refractivity contribution in [2.45, 2.75) is 58.5 Å². The van der Waals surface area contributed by atoms with E-state index in [-0.39, 0.29) is 5.41 Å². The first-order chi connectivity index (χ1) is 12.5. The van der Waals surface area contributed by atoms with E-state index >= 15 is 0 Å². The monoisotopic (exact) mass is 351 g/mol. The van der Waals surface area contributed by atoms with Crippen molar-refractivity contribution in [1.29, 1.82) is 0 Å². The second kappa shape index (κ2) is 6.95. The van der Waals surface area contributed by atoms with Crippen molar-refractivity contribution in [3.05, 3.63) is 47.2 Å². The Morgan fingerprint density at radius 2 is 1.81 bits per heavy atom. The van der Waals surface area contributed by atoms with E-state index in [1.807, 2.05) is 12.4 Å². The molecule has 0 aromatic carbocycles. The lowest BCUT2D eigenvalue weighted by atomic mass is 9.95. The molecule has 0 unspecified atom stereocenters. The third-order valence-electron chi connectivity index (χ3n) is 5.33. The molecule has 138 valence electrons. The third-order valence-corrected chi connectivity index (χ3v) is 5.33. The Morgan fingerprint density at radius 3 is 2.50 bits per heavy atom. The van der Waals surface area contributed by atoms with E-state index in [4.69, 9.17) is 4.98 Å². The van der Waals surface area contributed by atoms with Crippen LogP contribution in [0.2, 0.25) is 0 Å². The molecule has 4 rings (SSSR count). The van der Waals surface area contributed by atoms with E-state index in [1.165, 1.54) is 29.7 Å². The molecule has 0 saturated carbocycles. The lowest BCUT2D eigenvalue weighted by Gasteiger charge is -2.29. The van der Waals surface area contributed by atoms with Crippen LogP contribution in [0.25, 0.3) is 0 Å². The molecule has 0 amide bonds. The van der Waals surface area contributed by atoms with Gasteiger partial charge in [-0.05, 0) is 24.5 Å². The SMILES string of the molecule is CC(C)(C)c1ncc2c(n1)CCN(Cc1ccc(N3CCCC3)nc1)C2. The highest BCUT2D eigenvalue weighted by atomic mass is 15.2. The van der Waals surface area contributed by atoms with Crippen molar-refractivity contribution in [2.75, 3.05) is 24.5 Å². The second-order valence-corrected chi connectivity index (χ2v) is 8.59. The van der Waals surface area contributed by atoms with Crippen molar-refractivity contribution in [3.8, 4) is 0 Å². The van der Waals surface area contributed by atoms with Gasteiger partial charge in [0, 0.05) is 68.2 Å². The molecule has 0 atom stereocenters. The van der Waals surface area contributed by atoms with Crippen molar-refractivity contribution in [3.63, 3.8) is 0 Å². The van der Waals surface area contributed by atoms with Crippen LogP contribution in [-0.2, 0) is 24.9 Å². The highest BCUT2D eigenvalue weighted by Gasteiger charge is 2.23. The Bertz CT molecular complexity index is 757. The van der Waals surface area contributed by atoms with Crippen molar-refractivity contribution in [1.82, 2.24) is 19.9 Å². The fourth-order valence-electron chi connectivity index (χ4n) is 3.77. The van der Waals surface area contributed by atoms with Gasteiger partial charge in [-0.1, -0.05) is 26.8 Å². The first kappa shape index (κ1) is 17.4. The summed E-state index contributed by atoms with van der Waals surface area (Å²) >= 11 is 0. The highest BCUT2D eigenvalue weighted by Crippen LogP contribution is 2.24. The first-order valence-corrected chi connectivity index (χ1v) is 9.76. The normalized spacial score (nSPS) is 18.2. The molecule has 4 heterocycles. The number of aromatic nitrogens is 3. The number of hydrogen-bond donors (Lipinski definition) is 0. The van der Waals surface area contributed by atoms with Crippen molar-refractivity contribution >= 4 is 5.82 Å². The Hall–Kier alpha value is -2.01. The topological polar surface area (TPSA) is 45.2 Å². The Morgan fingerprint density at radius 1 is 1.00 bits per heavy atom. The summed E-state index contributed by atoms with van der Waals surface area (Å²) in [6.45, 7) is 11.7. The molecular weight excluding hydrogens is 322 g/mol. The van der Waals surface area contributed by atoms with Gasteiger partial charge in [-0.25, -0.2) is 15.0 Å². The summed E-state index contributed by atoms with van der Waals surface area (Å²) in [4.78, 5) is 19.0.